The molecule has 5 heteroatoms. The topological polar surface area (TPSA) is 49.4 Å². The van der Waals surface area contributed by atoms with Crippen LogP contribution >= 0.6 is 15.9 Å². The highest BCUT2D eigenvalue weighted by Gasteiger charge is 2.06. The SMILES string of the molecule is CNC(=O)CCN(C)c1ccc(C=O)c(Br)c1. The number of carbonyl (C=O) groups excluding carboxylic acids is 2. The summed E-state index contributed by atoms with van der Waals surface area (Å²) in [7, 11) is 3.53. The van der Waals surface area contributed by atoms with Gasteiger partial charge in [0, 0.05) is 42.8 Å². The van der Waals surface area contributed by atoms with E-state index >= 15 is 0 Å². The van der Waals surface area contributed by atoms with Crippen molar-refractivity contribution in [2.24, 2.45) is 0 Å². The fraction of sp³-hybridized carbons (Fsp3) is 0.333. The molecular formula is C12H15BrN2O2. The second-order valence-corrected chi connectivity index (χ2v) is 4.52. The first kappa shape index (κ1) is 13.7. The van der Waals surface area contributed by atoms with Crippen molar-refractivity contribution >= 4 is 33.8 Å². The molecule has 0 saturated carbocycles. The second kappa shape index (κ2) is 6.39. The summed E-state index contributed by atoms with van der Waals surface area (Å²) in [4.78, 5) is 23.8. The Bertz CT molecular complexity index is 421. The number of nitrogens with one attached hydrogen (secondary N) is 1. The molecule has 0 atom stereocenters. The summed E-state index contributed by atoms with van der Waals surface area (Å²) in [6.45, 7) is 0.631. The Balaban J connectivity index is 2.69. The van der Waals surface area contributed by atoms with Crippen molar-refractivity contribution in [1.29, 1.82) is 0 Å². The van der Waals surface area contributed by atoms with Gasteiger partial charge in [0.15, 0.2) is 6.29 Å². The number of anilines is 1. The van der Waals surface area contributed by atoms with Crippen molar-refractivity contribution in [1.82, 2.24) is 5.32 Å². The molecule has 17 heavy (non-hydrogen) atoms. The Labute approximate surface area is 109 Å². The van der Waals surface area contributed by atoms with Crippen LogP contribution in [0.1, 0.15) is 16.8 Å². The van der Waals surface area contributed by atoms with Gasteiger partial charge >= 0.3 is 0 Å². The molecule has 0 aliphatic carbocycles. The van der Waals surface area contributed by atoms with Crippen LogP contribution in [-0.2, 0) is 4.79 Å². The van der Waals surface area contributed by atoms with Gasteiger partial charge in [0.1, 0.15) is 0 Å². The summed E-state index contributed by atoms with van der Waals surface area (Å²) in [5.74, 6) is 0.0143. The van der Waals surface area contributed by atoms with Crippen LogP contribution in [-0.4, -0.2) is 32.8 Å². The molecule has 0 heterocycles. The Morgan fingerprint density at radius 3 is 2.76 bits per heavy atom. The maximum absolute atomic E-state index is 11.1. The smallest absolute Gasteiger partial charge is 0.221 e. The van der Waals surface area contributed by atoms with Crippen molar-refractivity contribution < 1.29 is 9.59 Å². The van der Waals surface area contributed by atoms with E-state index in [-0.39, 0.29) is 5.91 Å². The standard InChI is InChI=1S/C12H15BrN2O2/c1-14-12(17)5-6-15(2)10-4-3-9(8-16)11(13)7-10/h3-4,7-8H,5-6H2,1-2H3,(H,14,17). The van der Waals surface area contributed by atoms with Crippen LogP contribution in [0.2, 0.25) is 0 Å². The van der Waals surface area contributed by atoms with Gasteiger partial charge in [0.25, 0.3) is 0 Å². The molecule has 0 bridgehead atoms. The third-order valence-electron chi connectivity index (χ3n) is 2.50. The summed E-state index contributed by atoms with van der Waals surface area (Å²) >= 11 is 3.33. The lowest BCUT2D eigenvalue weighted by atomic mass is 10.2. The van der Waals surface area contributed by atoms with Crippen LogP contribution < -0.4 is 10.2 Å². The molecule has 92 valence electrons. The molecule has 1 amide bonds. The average molecular weight is 299 g/mol. The van der Waals surface area contributed by atoms with Gasteiger partial charge < -0.3 is 10.2 Å². The lowest BCUT2D eigenvalue weighted by Crippen LogP contribution is -2.26. The number of nitrogens with zero attached hydrogens (tertiary/aromatic N) is 1. The highest BCUT2D eigenvalue weighted by atomic mass is 79.9. The number of amides is 1. The number of carbonyl (C=O) groups is 2. The van der Waals surface area contributed by atoms with E-state index in [0.29, 0.717) is 18.5 Å². The van der Waals surface area contributed by atoms with E-state index in [2.05, 4.69) is 21.2 Å². The summed E-state index contributed by atoms with van der Waals surface area (Å²) in [6.07, 6.45) is 1.25. The Morgan fingerprint density at radius 1 is 1.53 bits per heavy atom. The van der Waals surface area contributed by atoms with E-state index < -0.39 is 0 Å². The zero-order valence-corrected chi connectivity index (χ0v) is 11.5. The van der Waals surface area contributed by atoms with Crippen LogP contribution in [0.15, 0.2) is 22.7 Å². The molecule has 0 unspecified atom stereocenters. The van der Waals surface area contributed by atoms with Gasteiger partial charge in [-0.1, -0.05) is 0 Å². The molecule has 4 nitrogen and oxygen atoms in total. The zero-order chi connectivity index (χ0) is 12.8. The van der Waals surface area contributed by atoms with Gasteiger partial charge in [0.2, 0.25) is 5.91 Å². The number of benzene rings is 1. The summed E-state index contributed by atoms with van der Waals surface area (Å²) in [5, 5.41) is 2.58. The quantitative estimate of drug-likeness (QED) is 0.844. The number of rotatable bonds is 5. The molecule has 0 saturated heterocycles. The largest absolute Gasteiger partial charge is 0.374 e. The summed E-state index contributed by atoms with van der Waals surface area (Å²) in [6, 6.07) is 5.48. The van der Waals surface area contributed by atoms with Crippen LogP contribution in [0.25, 0.3) is 0 Å². The van der Waals surface area contributed by atoms with E-state index in [1.54, 1.807) is 13.1 Å². The summed E-state index contributed by atoms with van der Waals surface area (Å²) in [5.41, 5.74) is 1.58. The third-order valence-corrected chi connectivity index (χ3v) is 3.19. The Hall–Kier alpha value is -1.36. The van der Waals surface area contributed by atoms with Gasteiger partial charge in [0.05, 0.1) is 0 Å². The van der Waals surface area contributed by atoms with E-state index in [4.69, 9.17) is 0 Å². The molecule has 0 fully saturated rings. The van der Waals surface area contributed by atoms with Crippen molar-refractivity contribution in [3.05, 3.63) is 28.2 Å². The molecule has 0 radical (unpaired) electrons. The van der Waals surface area contributed by atoms with Crippen molar-refractivity contribution in [2.75, 3.05) is 25.5 Å². The predicted molar refractivity (Wildman–Crippen MR) is 71.5 cm³/mol. The molecule has 0 aliphatic rings. The molecular weight excluding hydrogens is 284 g/mol. The number of halogens is 1. The van der Waals surface area contributed by atoms with E-state index in [0.717, 1.165) is 16.4 Å². The zero-order valence-electron chi connectivity index (χ0n) is 9.87. The minimum atomic E-state index is 0.0143. The first-order valence-corrected chi connectivity index (χ1v) is 6.04. The number of hydrogen-bond acceptors (Lipinski definition) is 3. The molecule has 1 N–H and O–H groups in total. The molecule has 0 spiro atoms. The average Bonchev–Trinajstić information content (AvgIpc) is 2.35. The van der Waals surface area contributed by atoms with Crippen LogP contribution in [0, 0.1) is 0 Å². The summed E-state index contributed by atoms with van der Waals surface area (Å²) < 4.78 is 0.761. The van der Waals surface area contributed by atoms with Crippen LogP contribution in [0.4, 0.5) is 5.69 Å². The lowest BCUT2D eigenvalue weighted by Gasteiger charge is -2.19. The van der Waals surface area contributed by atoms with Gasteiger partial charge in [-0.25, -0.2) is 0 Å². The highest BCUT2D eigenvalue weighted by molar-refractivity contribution is 9.10. The third kappa shape index (κ3) is 3.85. The van der Waals surface area contributed by atoms with Crippen LogP contribution in [0.3, 0.4) is 0 Å². The minimum Gasteiger partial charge on any atom is -0.374 e. The minimum absolute atomic E-state index is 0.0143. The molecule has 1 aromatic carbocycles. The van der Waals surface area contributed by atoms with Gasteiger partial charge in [-0.3, -0.25) is 9.59 Å². The van der Waals surface area contributed by atoms with E-state index in [1.165, 1.54) is 0 Å². The first-order chi connectivity index (χ1) is 8.08. The lowest BCUT2D eigenvalue weighted by molar-refractivity contribution is -0.120. The normalized spacial score (nSPS) is 9.82. The van der Waals surface area contributed by atoms with Crippen LogP contribution in [0.5, 0.6) is 0 Å². The Morgan fingerprint density at radius 2 is 2.24 bits per heavy atom. The molecule has 1 aromatic rings. The Kier molecular flexibility index (Phi) is 5.15. The van der Waals surface area contributed by atoms with Gasteiger partial charge in [-0.05, 0) is 34.1 Å². The fourth-order valence-corrected chi connectivity index (χ4v) is 1.83. The highest BCUT2D eigenvalue weighted by Crippen LogP contribution is 2.22. The predicted octanol–water partition coefficient (Wildman–Crippen LogP) is 1.83. The van der Waals surface area contributed by atoms with E-state index in [1.807, 2.05) is 24.1 Å². The molecule has 0 aromatic heterocycles. The monoisotopic (exact) mass is 298 g/mol. The van der Waals surface area contributed by atoms with Gasteiger partial charge in [-0.2, -0.15) is 0 Å². The van der Waals surface area contributed by atoms with Crippen molar-refractivity contribution in [2.45, 2.75) is 6.42 Å². The second-order valence-electron chi connectivity index (χ2n) is 3.67. The number of aldehydes is 1. The van der Waals surface area contributed by atoms with Crippen molar-refractivity contribution in [3.8, 4) is 0 Å². The van der Waals surface area contributed by atoms with Crippen molar-refractivity contribution in [3.63, 3.8) is 0 Å². The fourth-order valence-electron chi connectivity index (χ4n) is 1.37. The number of hydrogen-bond donors (Lipinski definition) is 1. The molecule has 0 aliphatic heterocycles. The molecule has 1 rings (SSSR count). The maximum Gasteiger partial charge on any atom is 0.221 e. The van der Waals surface area contributed by atoms with Gasteiger partial charge in [-0.15, -0.1) is 0 Å². The van der Waals surface area contributed by atoms with E-state index in [9.17, 15) is 9.59 Å². The first-order valence-electron chi connectivity index (χ1n) is 5.25. The maximum atomic E-state index is 11.1.